The fourth-order valence-corrected chi connectivity index (χ4v) is 4.92. The second-order valence-corrected chi connectivity index (χ2v) is 9.18. The van der Waals surface area contributed by atoms with Gasteiger partial charge in [-0.05, 0) is 53.8 Å². The molecule has 0 bridgehead atoms. The van der Waals surface area contributed by atoms with Gasteiger partial charge in [-0.2, -0.15) is 0 Å². The maximum atomic E-state index is 13.4. The lowest BCUT2D eigenvalue weighted by Crippen LogP contribution is -2.33. The second kappa shape index (κ2) is 12.4. The lowest BCUT2D eigenvalue weighted by Gasteiger charge is -2.24. The summed E-state index contributed by atoms with van der Waals surface area (Å²) in [6, 6.07) is 20.9. The molecule has 194 valence electrons. The average Bonchev–Trinajstić information content (AvgIpc) is 3.24. The van der Waals surface area contributed by atoms with Crippen LogP contribution in [0.5, 0.6) is 5.75 Å². The molecule has 2 N–H and O–H groups in total. The molecule has 0 aliphatic heterocycles. The number of rotatable bonds is 12. The number of nitro benzene ring substituents is 1. The number of nitrogens with two attached hydrogens (primary N) is 1. The standard InChI is InChI=1S/C29H33N3O5/c1-36-22-14-15-28(32(34)35)21(18-22)19-31(17-9-3-2-8-16-30)29(33)37-20-27-25-12-6-4-10-23(25)24-11-5-7-13-26(24)27/h4-7,10-15,18,27H,2-3,8-9,16-17,19-20,30H2,1H3. The molecule has 0 fully saturated rings. The highest BCUT2D eigenvalue weighted by Gasteiger charge is 2.30. The summed E-state index contributed by atoms with van der Waals surface area (Å²) >= 11 is 0. The topological polar surface area (TPSA) is 108 Å². The molecule has 0 saturated heterocycles. The van der Waals surface area contributed by atoms with E-state index in [-0.39, 0.29) is 24.8 Å². The van der Waals surface area contributed by atoms with Crippen molar-refractivity contribution in [2.75, 3.05) is 26.8 Å². The Morgan fingerprint density at radius 3 is 2.24 bits per heavy atom. The van der Waals surface area contributed by atoms with Gasteiger partial charge in [-0.15, -0.1) is 0 Å². The number of carbonyl (C=O) groups excluding carboxylic acids is 1. The third-order valence-corrected chi connectivity index (χ3v) is 6.82. The fourth-order valence-electron chi connectivity index (χ4n) is 4.92. The third-order valence-electron chi connectivity index (χ3n) is 6.82. The monoisotopic (exact) mass is 503 g/mol. The summed E-state index contributed by atoms with van der Waals surface area (Å²) in [5, 5.41) is 11.7. The van der Waals surface area contributed by atoms with E-state index in [0.717, 1.165) is 47.9 Å². The maximum absolute atomic E-state index is 13.4. The van der Waals surface area contributed by atoms with Gasteiger partial charge in [0.25, 0.3) is 5.69 Å². The highest BCUT2D eigenvalue weighted by Crippen LogP contribution is 2.44. The Morgan fingerprint density at radius 1 is 0.973 bits per heavy atom. The molecule has 1 amide bonds. The van der Waals surface area contributed by atoms with E-state index in [1.807, 2.05) is 24.3 Å². The molecule has 37 heavy (non-hydrogen) atoms. The molecular formula is C29H33N3O5. The number of ether oxygens (including phenoxy) is 2. The fraction of sp³-hybridized carbons (Fsp3) is 0.345. The molecule has 8 nitrogen and oxygen atoms in total. The van der Waals surface area contributed by atoms with Crippen LogP contribution in [0.4, 0.5) is 10.5 Å². The summed E-state index contributed by atoms with van der Waals surface area (Å²) in [5.74, 6) is 0.435. The maximum Gasteiger partial charge on any atom is 0.410 e. The first-order valence-corrected chi connectivity index (χ1v) is 12.6. The smallest absolute Gasteiger partial charge is 0.410 e. The van der Waals surface area contributed by atoms with Crippen molar-refractivity contribution in [1.82, 2.24) is 4.90 Å². The normalized spacial score (nSPS) is 12.1. The van der Waals surface area contributed by atoms with Crippen molar-refractivity contribution < 1.29 is 19.2 Å². The largest absolute Gasteiger partial charge is 0.497 e. The van der Waals surface area contributed by atoms with Gasteiger partial charge in [-0.1, -0.05) is 61.4 Å². The summed E-state index contributed by atoms with van der Waals surface area (Å²) in [6.45, 7) is 1.31. The van der Waals surface area contributed by atoms with Crippen LogP contribution in [0, 0.1) is 10.1 Å². The Morgan fingerprint density at radius 2 is 1.62 bits per heavy atom. The van der Waals surface area contributed by atoms with Crippen molar-refractivity contribution in [2.45, 2.75) is 38.1 Å². The number of amides is 1. The molecule has 3 aromatic carbocycles. The van der Waals surface area contributed by atoms with E-state index < -0.39 is 11.0 Å². The second-order valence-electron chi connectivity index (χ2n) is 9.18. The van der Waals surface area contributed by atoms with Gasteiger partial charge in [0, 0.05) is 18.5 Å². The first-order chi connectivity index (χ1) is 18.0. The Bertz CT molecular complexity index is 1200. The van der Waals surface area contributed by atoms with Crippen LogP contribution in [-0.2, 0) is 11.3 Å². The molecule has 0 aromatic heterocycles. The van der Waals surface area contributed by atoms with Crippen molar-refractivity contribution in [3.05, 3.63) is 93.5 Å². The van der Waals surface area contributed by atoms with Crippen LogP contribution in [0.15, 0.2) is 66.7 Å². The third kappa shape index (κ3) is 6.09. The first kappa shape index (κ1) is 26.2. The van der Waals surface area contributed by atoms with Gasteiger partial charge < -0.3 is 20.1 Å². The van der Waals surface area contributed by atoms with E-state index in [4.69, 9.17) is 15.2 Å². The Balaban J connectivity index is 1.52. The van der Waals surface area contributed by atoms with Crippen LogP contribution in [0.25, 0.3) is 11.1 Å². The minimum Gasteiger partial charge on any atom is -0.497 e. The van der Waals surface area contributed by atoms with Crippen LogP contribution >= 0.6 is 0 Å². The molecule has 0 unspecified atom stereocenters. The number of methoxy groups -OCH3 is 1. The van der Waals surface area contributed by atoms with Gasteiger partial charge in [0.2, 0.25) is 0 Å². The van der Waals surface area contributed by atoms with E-state index in [2.05, 4.69) is 24.3 Å². The highest BCUT2D eigenvalue weighted by atomic mass is 16.6. The Kier molecular flexibility index (Phi) is 8.74. The number of benzene rings is 3. The quantitative estimate of drug-likeness (QED) is 0.188. The highest BCUT2D eigenvalue weighted by molar-refractivity contribution is 5.79. The van der Waals surface area contributed by atoms with Gasteiger partial charge >= 0.3 is 6.09 Å². The summed E-state index contributed by atoms with van der Waals surface area (Å²) in [7, 11) is 1.51. The zero-order chi connectivity index (χ0) is 26.2. The lowest BCUT2D eigenvalue weighted by molar-refractivity contribution is -0.385. The summed E-state index contributed by atoms with van der Waals surface area (Å²) in [6.07, 6.45) is 3.06. The number of nitro groups is 1. The van der Waals surface area contributed by atoms with E-state index in [1.165, 1.54) is 13.2 Å². The van der Waals surface area contributed by atoms with Crippen molar-refractivity contribution in [3.8, 4) is 16.9 Å². The van der Waals surface area contributed by atoms with Crippen LogP contribution in [-0.4, -0.2) is 42.7 Å². The Labute approximate surface area is 217 Å². The first-order valence-electron chi connectivity index (χ1n) is 12.6. The average molecular weight is 504 g/mol. The SMILES string of the molecule is COc1ccc([N+](=O)[O-])c(CN(CCCCCCN)C(=O)OCC2c3ccccc3-c3ccccc32)c1. The predicted molar refractivity (Wildman–Crippen MR) is 143 cm³/mol. The van der Waals surface area contributed by atoms with Crippen molar-refractivity contribution >= 4 is 11.8 Å². The zero-order valence-corrected chi connectivity index (χ0v) is 21.1. The number of nitrogens with zero attached hydrogens (tertiary/aromatic N) is 2. The summed E-state index contributed by atoms with van der Waals surface area (Å²) in [5.41, 5.74) is 10.5. The van der Waals surface area contributed by atoms with Crippen LogP contribution in [0.2, 0.25) is 0 Å². The molecule has 1 aliphatic rings. The minimum absolute atomic E-state index is 0.0552. The molecule has 3 aromatic rings. The van der Waals surface area contributed by atoms with Crippen molar-refractivity contribution in [1.29, 1.82) is 0 Å². The number of hydrogen-bond acceptors (Lipinski definition) is 6. The number of carbonyl (C=O) groups is 1. The molecule has 0 saturated carbocycles. The Hall–Kier alpha value is -3.91. The molecule has 0 heterocycles. The van der Waals surface area contributed by atoms with Crippen LogP contribution in [0.1, 0.15) is 48.3 Å². The predicted octanol–water partition coefficient (Wildman–Crippen LogP) is 5.87. The van der Waals surface area contributed by atoms with Crippen LogP contribution < -0.4 is 10.5 Å². The van der Waals surface area contributed by atoms with Gasteiger partial charge in [0.1, 0.15) is 12.4 Å². The van der Waals surface area contributed by atoms with E-state index in [9.17, 15) is 14.9 Å². The zero-order valence-electron chi connectivity index (χ0n) is 21.1. The lowest BCUT2D eigenvalue weighted by atomic mass is 9.98. The van der Waals surface area contributed by atoms with Crippen molar-refractivity contribution in [2.24, 2.45) is 5.73 Å². The molecule has 1 aliphatic carbocycles. The molecule has 0 radical (unpaired) electrons. The van der Waals surface area contributed by atoms with E-state index >= 15 is 0 Å². The number of unbranched alkanes of at least 4 members (excludes halogenated alkanes) is 3. The molecule has 8 heteroatoms. The summed E-state index contributed by atoms with van der Waals surface area (Å²) < 4.78 is 11.1. The number of fused-ring (bicyclic) bond motifs is 3. The van der Waals surface area contributed by atoms with Gasteiger partial charge in [0.15, 0.2) is 0 Å². The molecular weight excluding hydrogens is 470 g/mol. The van der Waals surface area contributed by atoms with E-state index in [0.29, 0.717) is 24.4 Å². The number of hydrogen-bond donors (Lipinski definition) is 1. The molecule has 4 rings (SSSR count). The van der Waals surface area contributed by atoms with Gasteiger partial charge in [-0.3, -0.25) is 10.1 Å². The van der Waals surface area contributed by atoms with Crippen LogP contribution in [0.3, 0.4) is 0 Å². The van der Waals surface area contributed by atoms with Crippen molar-refractivity contribution in [3.63, 3.8) is 0 Å². The molecule has 0 spiro atoms. The van der Waals surface area contributed by atoms with Gasteiger partial charge in [-0.25, -0.2) is 4.79 Å². The minimum atomic E-state index is -0.488. The summed E-state index contributed by atoms with van der Waals surface area (Å²) in [4.78, 5) is 26.1. The van der Waals surface area contributed by atoms with E-state index in [1.54, 1.807) is 17.0 Å². The molecule has 0 atom stereocenters. The van der Waals surface area contributed by atoms with Gasteiger partial charge in [0.05, 0.1) is 24.1 Å².